The molecular formula is C17H32N2OS. The lowest BCUT2D eigenvalue weighted by molar-refractivity contribution is 0.183. The first kappa shape index (κ1) is 18.6. The second-order valence-corrected chi connectivity index (χ2v) is 7.85. The average Bonchev–Trinajstić information content (AvgIpc) is 2.89. The van der Waals surface area contributed by atoms with Crippen LogP contribution in [0.4, 0.5) is 0 Å². The van der Waals surface area contributed by atoms with Gasteiger partial charge in [0, 0.05) is 24.4 Å². The maximum absolute atomic E-state index is 5.18. The third kappa shape index (κ3) is 5.68. The summed E-state index contributed by atoms with van der Waals surface area (Å²) >= 11 is 1.79. The van der Waals surface area contributed by atoms with Gasteiger partial charge in [0.1, 0.15) is 5.01 Å². The van der Waals surface area contributed by atoms with Crippen LogP contribution in [0.5, 0.6) is 0 Å². The van der Waals surface area contributed by atoms with Crippen molar-refractivity contribution >= 4 is 11.3 Å². The number of thiazole rings is 1. The Balaban J connectivity index is 2.85. The van der Waals surface area contributed by atoms with Crippen molar-refractivity contribution in [3.8, 4) is 0 Å². The van der Waals surface area contributed by atoms with E-state index in [1.54, 1.807) is 18.4 Å². The van der Waals surface area contributed by atoms with Crippen molar-refractivity contribution in [3.63, 3.8) is 0 Å². The van der Waals surface area contributed by atoms with Crippen LogP contribution < -0.4 is 5.32 Å². The van der Waals surface area contributed by atoms with Gasteiger partial charge in [-0.05, 0) is 13.3 Å². The van der Waals surface area contributed by atoms with Crippen LogP contribution in [0.2, 0.25) is 0 Å². The summed E-state index contributed by atoms with van der Waals surface area (Å²) in [6.07, 6.45) is 4.89. The summed E-state index contributed by atoms with van der Waals surface area (Å²) in [6, 6.07) is 0. The Morgan fingerprint density at radius 3 is 2.48 bits per heavy atom. The topological polar surface area (TPSA) is 34.1 Å². The number of unbranched alkanes of at least 4 members (excludes halogenated alkanes) is 2. The van der Waals surface area contributed by atoms with Gasteiger partial charge in [-0.1, -0.05) is 47.0 Å². The molecule has 1 aromatic rings. The van der Waals surface area contributed by atoms with Crippen LogP contribution in [0.25, 0.3) is 0 Å². The number of methoxy groups -OCH3 is 1. The van der Waals surface area contributed by atoms with Crippen molar-refractivity contribution < 1.29 is 4.74 Å². The highest BCUT2D eigenvalue weighted by atomic mass is 32.1. The van der Waals surface area contributed by atoms with Gasteiger partial charge in [0.15, 0.2) is 0 Å². The van der Waals surface area contributed by atoms with Gasteiger partial charge in [0.05, 0.1) is 17.8 Å². The molecule has 0 bridgehead atoms. The van der Waals surface area contributed by atoms with Crippen molar-refractivity contribution in [3.05, 3.63) is 16.1 Å². The summed E-state index contributed by atoms with van der Waals surface area (Å²) in [7, 11) is 1.75. The van der Waals surface area contributed by atoms with Crippen molar-refractivity contribution in [2.24, 2.45) is 0 Å². The van der Waals surface area contributed by atoms with Crippen LogP contribution in [0.15, 0.2) is 5.38 Å². The van der Waals surface area contributed by atoms with Crippen molar-refractivity contribution in [2.75, 3.05) is 20.3 Å². The molecule has 0 aliphatic heterocycles. The van der Waals surface area contributed by atoms with E-state index in [1.807, 2.05) is 0 Å². The van der Waals surface area contributed by atoms with E-state index in [-0.39, 0.29) is 11.0 Å². The molecular weight excluding hydrogens is 280 g/mol. The predicted octanol–water partition coefficient (Wildman–Crippen LogP) is 4.47. The molecule has 0 aliphatic rings. The summed E-state index contributed by atoms with van der Waals surface area (Å²) < 4.78 is 5.18. The van der Waals surface area contributed by atoms with Gasteiger partial charge < -0.3 is 10.1 Å². The van der Waals surface area contributed by atoms with E-state index in [0.29, 0.717) is 0 Å². The summed E-state index contributed by atoms with van der Waals surface area (Å²) in [5.41, 5.74) is 1.27. The molecule has 1 rings (SSSR count). The van der Waals surface area contributed by atoms with E-state index in [4.69, 9.17) is 9.72 Å². The molecule has 0 aromatic carbocycles. The molecule has 0 saturated carbocycles. The number of hydrogen-bond donors (Lipinski definition) is 1. The van der Waals surface area contributed by atoms with E-state index in [0.717, 1.165) is 19.6 Å². The number of aromatic nitrogens is 1. The third-order valence-corrected chi connectivity index (χ3v) is 4.95. The third-order valence-electron chi connectivity index (χ3n) is 3.85. The Labute approximate surface area is 134 Å². The molecule has 122 valence electrons. The standard InChI is InChI=1S/C17H32N2OS/c1-7-8-9-10-17(5,18-11-12-20-6)15-19-14(13-21-15)16(2,3)4/h13,18H,7-12H2,1-6H3. The van der Waals surface area contributed by atoms with Gasteiger partial charge in [0.25, 0.3) is 0 Å². The molecule has 3 nitrogen and oxygen atoms in total. The molecule has 1 unspecified atom stereocenters. The van der Waals surface area contributed by atoms with E-state index < -0.39 is 0 Å². The van der Waals surface area contributed by atoms with Crippen LogP contribution in [-0.2, 0) is 15.7 Å². The molecule has 4 heteroatoms. The summed E-state index contributed by atoms with van der Waals surface area (Å²) in [6.45, 7) is 12.8. The molecule has 1 atom stereocenters. The zero-order valence-corrected chi connectivity index (χ0v) is 15.4. The van der Waals surface area contributed by atoms with Crippen molar-refractivity contribution in [1.82, 2.24) is 10.3 Å². The highest BCUT2D eigenvalue weighted by Crippen LogP contribution is 2.33. The molecule has 0 spiro atoms. The Bertz CT molecular complexity index is 399. The van der Waals surface area contributed by atoms with E-state index in [1.165, 1.54) is 30.0 Å². The predicted molar refractivity (Wildman–Crippen MR) is 92.2 cm³/mol. The van der Waals surface area contributed by atoms with Crippen LogP contribution >= 0.6 is 11.3 Å². The first-order valence-corrected chi connectivity index (χ1v) is 8.92. The van der Waals surface area contributed by atoms with Gasteiger partial charge in [0.2, 0.25) is 0 Å². The van der Waals surface area contributed by atoms with E-state index in [2.05, 4.69) is 45.3 Å². The Hall–Kier alpha value is -0.450. The van der Waals surface area contributed by atoms with Crippen LogP contribution in [0.3, 0.4) is 0 Å². The largest absolute Gasteiger partial charge is 0.383 e. The number of hydrogen-bond acceptors (Lipinski definition) is 4. The minimum Gasteiger partial charge on any atom is -0.383 e. The smallest absolute Gasteiger partial charge is 0.113 e. The average molecular weight is 313 g/mol. The van der Waals surface area contributed by atoms with Gasteiger partial charge in [-0.25, -0.2) is 4.98 Å². The van der Waals surface area contributed by atoms with E-state index in [9.17, 15) is 0 Å². The molecule has 21 heavy (non-hydrogen) atoms. The maximum atomic E-state index is 5.18. The lowest BCUT2D eigenvalue weighted by atomic mass is 9.92. The molecule has 1 aromatic heterocycles. The minimum atomic E-state index is -0.0398. The normalized spacial score (nSPS) is 15.1. The van der Waals surface area contributed by atoms with Crippen molar-refractivity contribution in [2.45, 2.75) is 71.3 Å². The maximum Gasteiger partial charge on any atom is 0.113 e. The second-order valence-electron chi connectivity index (χ2n) is 7.00. The summed E-state index contributed by atoms with van der Waals surface area (Å²) in [4.78, 5) is 4.93. The quantitative estimate of drug-likeness (QED) is 0.683. The lowest BCUT2D eigenvalue weighted by Crippen LogP contribution is -2.41. The Kier molecular flexibility index (Phi) is 7.31. The molecule has 0 saturated heterocycles. The van der Waals surface area contributed by atoms with Gasteiger partial charge in [-0.3, -0.25) is 0 Å². The zero-order chi connectivity index (χ0) is 15.9. The highest BCUT2D eigenvalue weighted by molar-refractivity contribution is 7.09. The minimum absolute atomic E-state index is 0.0398. The Morgan fingerprint density at radius 1 is 1.24 bits per heavy atom. The van der Waals surface area contributed by atoms with Gasteiger partial charge in [-0.2, -0.15) is 0 Å². The van der Waals surface area contributed by atoms with Crippen LogP contribution in [0.1, 0.15) is 71.0 Å². The number of ether oxygens (including phenoxy) is 1. The monoisotopic (exact) mass is 312 g/mol. The fourth-order valence-corrected chi connectivity index (χ4v) is 3.52. The first-order chi connectivity index (χ1) is 9.83. The number of rotatable bonds is 9. The summed E-state index contributed by atoms with van der Waals surface area (Å²) in [5.74, 6) is 0. The summed E-state index contributed by atoms with van der Waals surface area (Å²) in [5, 5.41) is 7.08. The van der Waals surface area contributed by atoms with Crippen molar-refractivity contribution in [1.29, 1.82) is 0 Å². The fourth-order valence-electron chi connectivity index (χ4n) is 2.30. The SMILES string of the molecule is CCCCCC(C)(NCCOC)c1nc(C(C)(C)C)cs1. The number of nitrogens with zero attached hydrogens (tertiary/aromatic N) is 1. The Morgan fingerprint density at radius 2 is 1.95 bits per heavy atom. The molecule has 0 aliphatic carbocycles. The van der Waals surface area contributed by atoms with Crippen LogP contribution in [0, 0.1) is 0 Å². The zero-order valence-electron chi connectivity index (χ0n) is 14.6. The molecule has 1 heterocycles. The van der Waals surface area contributed by atoms with Gasteiger partial charge >= 0.3 is 0 Å². The lowest BCUT2D eigenvalue weighted by Gasteiger charge is -2.29. The molecule has 0 amide bonds. The highest BCUT2D eigenvalue weighted by Gasteiger charge is 2.30. The number of nitrogens with one attached hydrogen (secondary N) is 1. The van der Waals surface area contributed by atoms with Gasteiger partial charge in [-0.15, -0.1) is 11.3 Å². The van der Waals surface area contributed by atoms with E-state index >= 15 is 0 Å². The second kappa shape index (κ2) is 8.25. The van der Waals surface area contributed by atoms with Crippen LogP contribution in [-0.4, -0.2) is 25.2 Å². The first-order valence-electron chi connectivity index (χ1n) is 8.04. The molecule has 0 fully saturated rings. The fraction of sp³-hybridized carbons (Fsp3) is 0.824. The molecule has 1 N–H and O–H groups in total. The molecule has 0 radical (unpaired) electrons.